The van der Waals surface area contributed by atoms with Crippen molar-refractivity contribution in [3.05, 3.63) is 65.7 Å². The molecule has 1 aliphatic rings. The maximum absolute atomic E-state index is 12.2. The molecule has 0 aliphatic carbocycles. The largest absolute Gasteiger partial charge is 0.324 e. The molecule has 132 valence electrons. The van der Waals surface area contributed by atoms with Crippen LogP contribution in [0.3, 0.4) is 0 Å². The Labute approximate surface area is 152 Å². The van der Waals surface area contributed by atoms with Crippen LogP contribution in [-0.2, 0) is 14.4 Å². The van der Waals surface area contributed by atoms with E-state index in [1.54, 1.807) is 30.3 Å². The maximum atomic E-state index is 12.2. The zero-order valence-electron chi connectivity index (χ0n) is 14.6. The summed E-state index contributed by atoms with van der Waals surface area (Å²) < 4.78 is 0. The lowest BCUT2D eigenvalue weighted by atomic mass is 10.1. The first kappa shape index (κ1) is 17.6. The van der Waals surface area contributed by atoms with Crippen LogP contribution in [0.1, 0.15) is 30.4 Å². The molecular weight excluding hydrogens is 328 g/mol. The Bertz CT molecular complexity index is 853. The molecule has 0 atom stereocenters. The van der Waals surface area contributed by atoms with Crippen LogP contribution in [0.4, 0.5) is 11.4 Å². The first-order chi connectivity index (χ1) is 12.5. The van der Waals surface area contributed by atoms with E-state index in [4.69, 9.17) is 0 Å². The van der Waals surface area contributed by atoms with Gasteiger partial charge in [0.1, 0.15) is 0 Å². The molecule has 0 bridgehead atoms. The normalized spacial score (nSPS) is 14.3. The number of nitrogens with one attached hydrogen (secondary N) is 1. The van der Waals surface area contributed by atoms with Crippen LogP contribution in [0.5, 0.6) is 0 Å². The number of anilines is 2. The third-order valence-corrected chi connectivity index (χ3v) is 4.16. The summed E-state index contributed by atoms with van der Waals surface area (Å²) in [4.78, 5) is 37.3. The SMILES string of the molecule is Cc1ccc(/C=C/CC(=O)Nc2ccccc2N2C(=O)CCC2=O)cc1. The summed E-state index contributed by atoms with van der Waals surface area (Å²) in [6.07, 6.45) is 4.29. The lowest BCUT2D eigenvalue weighted by Crippen LogP contribution is -2.29. The number of amides is 3. The monoisotopic (exact) mass is 348 g/mol. The Morgan fingerprint density at radius 2 is 1.69 bits per heavy atom. The molecule has 2 aromatic rings. The first-order valence-electron chi connectivity index (χ1n) is 8.52. The first-order valence-corrected chi connectivity index (χ1v) is 8.52. The van der Waals surface area contributed by atoms with Gasteiger partial charge in [-0.15, -0.1) is 0 Å². The van der Waals surface area contributed by atoms with Gasteiger partial charge in [-0.05, 0) is 24.6 Å². The van der Waals surface area contributed by atoms with Crippen molar-refractivity contribution < 1.29 is 14.4 Å². The van der Waals surface area contributed by atoms with Gasteiger partial charge >= 0.3 is 0 Å². The van der Waals surface area contributed by atoms with E-state index in [2.05, 4.69) is 5.32 Å². The van der Waals surface area contributed by atoms with E-state index >= 15 is 0 Å². The summed E-state index contributed by atoms with van der Waals surface area (Å²) in [5.41, 5.74) is 3.10. The summed E-state index contributed by atoms with van der Waals surface area (Å²) in [6.45, 7) is 2.02. The second-order valence-corrected chi connectivity index (χ2v) is 6.21. The number of para-hydroxylation sites is 2. The predicted octanol–water partition coefficient (Wildman–Crippen LogP) is 3.69. The highest BCUT2D eigenvalue weighted by Crippen LogP contribution is 2.30. The van der Waals surface area contributed by atoms with Gasteiger partial charge in [-0.25, -0.2) is 4.90 Å². The quantitative estimate of drug-likeness (QED) is 0.838. The van der Waals surface area contributed by atoms with Crippen LogP contribution >= 0.6 is 0 Å². The second-order valence-electron chi connectivity index (χ2n) is 6.21. The molecule has 1 heterocycles. The van der Waals surface area contributed by atoms with Crippen molar-refractivity contribution in [1.82, 2.24) is 0 Å². The fourth-order valence-electron chi connectivity index (χ4n) is 2.80. The Kier molecular flexibility index (Phi) is 5.27. The van der Waals surface area contributed by atoms with E-state index in [-0.39, 0.29) is 37.0 Å². The minimum atomic E-state index is -0.240. The van der Waals surface area contributed by atoms with Gasteiger partial charge in [-0.1, -0.05) is 54.1 Å². The zero-order valence-corrected chi connectivity index (χ0v) is 14.6. The average Bonchev–Trinajstić information content (AvgIpc) is 2.96. The molecule has 1 saturated heterocycles. The Morgan fingerprint density at radius 1 is 1.04 bits per heavy atom. The summed E-state index contributed by atoms with van der Waals surface area (Å²) >= 11 is 0. The molecule has 5 nitrogen and oxygen atoms in total. The van der Waals surface area contributed by atoms with Gasteiger partial charge in [0.15, 0.2) is 0 Å². The molecule has 5 heteroatoms. The highest BCUT2D eigenvalue weighted by atomic mass is 16.2. The highest BCUT2D eigenvalue weighted by molar-refractivity contribution is 6.21. The van der Waals surface area contributed by atoms with Gasteiger partial charge in [-0.2, -0.15) is 0 Å². The van der Waals surface area contributed by atoms with E-state index < -0.39 is 0 Å². The summed E-state index contributed by atoms with van der Waals surface area (Å²) in [6, 6.07) is 14.9. The van der Waals surface area contributed by atoms with Crippen LogP contribution in [-0.4, -0.2) is 17.7 Å². The molecule has 1 N–H and O–H groups in total. The number of hydrogen-bond acceptors (Lipinski definition) is 3. The molecule has 0 spiro atoms. The van der Waals surface area contributed by atoms with Crippen molar-refractivity contribution in [2.75, 3.05) is 10.2 Å². The van der Waals surface area contributed by atoms with Crippen LogP contribution < -0.4 is 10.2 Å². The standard InChI is InChI=1S/C21H20N2O3/c1-15-9-11-16(12-10-15)5-4-8-19(24)22-17-6-2-3-7-18(17)23-20(25)13-14-21(23)26/h2-7,9-12H,8,13-14H2,1H3,(H,22,24)/b5-4+. The van der Waals surface area contributed by atoms with Crippen LogP contribution in [0.25, 0.3) is 6.08 Å². The van der Waals surface area contributed by atoms with E-state index in [0.717, 1.165) is 10.5 Å². The maximum Gasteiger partial charge on any atom is 0.234 e. The molecular formula is C21H20N2O3. The molecule has 3 rings (SSSR count). The van der Waals surface area contributed by atoms with Crippen LogP contribution in [0.15, 0.2) is 54.6 Å². The molecule has 1 aliphatic heterocycles. The molecule has 0 saturated carbocycles. The van der Waals surface area contributed by atoms with Gasteiger partial charge in [0, 0.05) is 19.3 Å². The number of benzene rings is 2. The zero-order chi connectivity index (χ0) is 18.5. The Morgan fingerprint density at radius 3 is 2.38 bits per heavy atom. The second kappa shape index (κ2) is 7.78. The van der Waals surface area contributed by atoms with Crippen molar-refractivity contribution in [1.29, 1.82) is 0 Å². The van der Waals surface area contributed by atoms with Crippen molar-refractivity contribution in [2.45, 2.75) is 26.2 Å². The highest BCUT2D eigenvalue weighted by Gasteiger charge is 2.31. The van der Waals surface area contributed by atoms with Gasteiger partial charge in [0.25, 0.3) is 0 Å². The minimum Gasteiger partial charge on any atom is -0.324 e. The number of carbonyl (C=O) groups excluding carboxylic acids is 3. The topological polar surface area (TPSA) is 66.5 Å². The molecule has 26 heavy (non-hydrogen) atoms. The average molecular weight is 348 g/mol. The molecule has 0 unspecified atom stereocenters. The van der Waals surface area contributed by atoms with Crippen molar-refractivity contribution in [3.8, 4) is 0 Å². The number of imide groups is 1. The number of carbonyl (C=O) groups is 3. The number of hydrogen-bond donors (Lipinski definition) is 1. The number of aryl methyl sites for hydroxylation is 1. The lowest BCUT2D eigenvalue weighted by molar-refractivity contribution is -0.121. The smallest absolute Gasteiger partial charge is 0.234 e. The van der Waals surface area contributed by atoms with Crippen molar-refractivity contribution in [3.63, 3.8) is 0 Å². The van der Waals surface area contributed by atoms with E-state index in [1.807, 2.05) is 37.3 Å². The van der Waals surface area contributed by atoms with Crippen molar-refractivity contribution >= 4 is 35.2 Å². The molecule has 0 aromatic heterocycles. The van der Waals surface area contributed by atoms with E-state index in [9.17, 15) is 14.4 Å². The summed E-state index contributed by atoms with van der Waals surface area (Å²) in [5.74, 6) is -0.688. The van der Waals surface area contributed by atoms with Gasteiger partial charge in [0.2, 0.25) is 17.7 Å². The fourth-order valence-corrected chi connectivity index (χ4v) is 2.80. The van der Waals surface area contributed by atoms with Gasteiger partial charge in [0.05, 0.1) is 11.4 Å². The fraction of sp³-hybridized carbons (Fsp3) is 0.190. The minimum absolute atomic E-state index is 0.199. The van der Waals surface area contributed by atoms with E-state index in [1.165, 1.54) is 5.56 Å². The third-order valence-electron chi connectivity index (χ3n) is 4.16. The summed E-state index contributed by atoms with van der Waals surface area (Å²) in [7, 11) is 0. The Hall–Kier alpha value is -3.21. The molecule has 2 aromatic carbocycles. The number of nitrogens with zero attached hydrogens (tertiary/aromatic N) is 1. The van der Waals surface area contributed by atoms with Gasteiger partial charge in [-0.3, -0.25) is 14.4 Å². The Balaban J connectivity index is 1.67. The molecule has 1 fully saturated rings. The van der Waals surface area contributed by atoms with Crippen molar-refractivity contribution in [2.24, 2.45) is 0 Å². The predicted molar refractivity (Wildman–Crippen MR) is 102 cm³/mol. The van der Waals surface area contributed by atoms with Gasteiger partial charge < -0.3 is 5.32 Å². The van der Waals surface area contributed by atoms with E-state index in [0.29, 0.717) is 11.4 Å². The van der Waals surface area contributed by atoms with Crippen LogP contribution in [0, 0.1) is 6.92 Å². The lowest BCUT2D eigenvalue weighted by Gasteiger charge is -2.18. The summed E-state index contributed by atoms with van der Waals surface area (Å²) in [5, 5.41) is 2.79. The van der Waals surface area contributed by atoms with Crippen LogP contribution in [0.2, 0.25) is 0 Å². The number of rotatable bonds is 5. The third kappa shape index (κ3) is 4.06. The molecule has 0 radical (unpaired) electrons. The molecule has 3 amide bonds.